The van der Waals surface area contributed by atoms with E-state index in [2.05, 4.69) is 14.9 Å². The second kappa shape index (κ2) is 6.91. The van der Waals surface area contributed by atoms with Crippen molar-refractivity contribution in [2.75, 3.05) is 37.6 Å². The predicted molar refractivity (Wildman–Crippen MR) is 75.2 cm³/mol. The van der Waals surface area contributed by atoms with Crippen molar-refractivity contribution in [3.63, 3.8) is 0 Å². The van der Waals surface area contributed by atoms with Gasteiger partial charge >= 0.3 is 0 Å². The predicted octanol–water partition coefficient (Wildman–Crippen LogP) is 2.02. The minimum atomic E-state index is 0.319. The van der Waals surface area contributed by atoms with Crippen LogP contribution in [0.3, 0.4) is 0 Å². The van der Waals surface area contributed by atoms with Crippen LogP contribution in [0.1, 0.15) is 18.4 Å². The molecule has 0 amide bonds. The standard InChI is InChI=1S/C13H20ClN3O2/c1-10-12(15-9-16-13(10)18-2)17-6-3-11(4-7-17)19-8-5-14/h9,11H,3-8H2,1-2H3. The number of hydrogen-bond acceptors (Lipinski definition) is 5. The van der Waals surface area contributed by atoms with E-state index in [1.54, 1.807) is 13.4 Å². The van der Waals surface area contributed by atoms with E-state index in [-0.39, 0.29) is 0 Å². The van der Waals surface area contributed by atoms with Crippen LogP contribution in [-0.2, 0) is 4.74 Å². The maximum Gasteiger partial charge on any atom is 0.221 e. The molecule has 0 saturated carbocycles. The number of anilines is 1. The molecule has 6 heteroatoms. The molecule has 0 aliphatic carbocycles. The maximum atomic E-state index is 5.68. The van der Waals surface area contributed by atoms with Crippen LogP contribution >= 0.6 is 11.6 Å². The van der Waals surface area contributed by atoms with Gasteiger partial charge in [-0.25, -0.2) is 9.97 Å². The van der Waals surface area contributed by atoms with E-state index in [0.29, 0.717) is 24.5 Å². The third kappa shape index (κ3) is 3.48. The van der Waals surface area contributed by atoms with Crippen LogP contribution < -0.4 is 9.64 Å². The second-order valence-corrected chi connectivity index (χ2v) is 4.96. The molecule has 5 nitrogen and oxygen atoms in total. The van der Waals surface area contributed by atoms with Gasteiger partial charge in [0.15, 0.2) is 0 Å². The SMILES string of the molecule is COc1ncnc(N2CCC(OCCCl)CC2)c1C. The van der Waals surface area contributed by atoms with Crippen molar-refractivity contribution < 1.29 is 9.47 Å². The molecule has 0 radical (unpaired) electrons. The first-order chi connectivity index (χ1) is 9.26. The van der Waals surface area contributed by atoms with Crippen LogP contribution in [0.15, 0.2) is 6.33 Å². The Hall–Kier alpha value is -1.07. The molecular formula is C13H20ClN3O2. The molecule has 2 heterocycles. The molecule has 0 atom stereocenters. The average molecular weight is 286 g/mol. The highest BCUT2D eigenvalue weighted by molar-refractivity contribution is 6.17. The van der Waals surface area contributed by atoms with E-state index in [4.69, 9.17) is 21.1 Å². The lowest BCUT2D eigenvalue weighted by Crippen LogP contribution is -2.38. The molecule has 0 unspecified atom stereocenters. The summed E-state index contributed by atoms with van der Waals surface area (Å²) in [6, 6.07) is 0. The van der Waals surface area contributed by atoms with Gasteiger partial charge in [0.25, 0.3) is 0 Å². The van der Waals surface area contributed by atoms with E-state index in [1.807, 2.05) is 6.92 Å². The Morgan fingerprint density at radius 3 is 2.74 bits per heavy atom. The van der Waals surface area contributed by atoms with Crippen molar-refractivity contribution in [3.05, 3.63) is 11.9 Å². The van der Waals surface area contributed by atoms with Gasteiger partial charge in [0.05, 0.1) is 25.4 Å². The Morgan fingerprint density at radius 1 is 1.37 bits per heavy atom. The van der Waals surface area contributed by atoms with Crippen molar-refractivity contribution in [2.24, 2.45) is 0 Å². The summed E-state index contributed by atoms with van der Waals surface area (Å²) in [5, 5.41) is 0. The highest BCUT2D eigenvalue weighted by Gasteiger charge is 2.22. The third-order valence-corrected chi connectivity index (χ3v) is 3.53. The summed E-state index contributed by atoms with van der Waals surface area (Å²) < 4.78 is 10.9. The summed E-state index contributed by atoms with van der Waals surface area (Å²) in [6.45, 7) is 4.50. The van der Waals surface area contributed by atoms with Crippen molar-refractivity contribution in [2.45, 2.75) is 25.9 Å². The maximum absolute atomic E-state index is 5.68. The van der Waals surface area contributed by atoms with Crippen molar-refractivity contribution in [3.8, 4) is 5.88 Å². The van der Waals surface area contributed by atoms with Crippen LogP contribution in [0.25, 0.3) is 0 Å². The number of ether oxygens (including phenoxy) is 2. The smallest absolute Gasteiger partial charge is 0.221 e. The van der Waals surface area contributed by atoms with Gasteiger partial charge in [-0.3, -0.25) is 0 Å². The first kappa shape index (κ1) is 14.3. The Balaban J connectivity index is 1.98. The Kier molecular flexibility index (Phi) is 5.22. The molecule has 19 heavy (non-hydrogen) atoms. The zero-order chi connectivity index (χ0) is 13.7. The lowest BCUT2D eigenvalue weighted by molar-refractivity contribution is 0.0470. The molecule has 106 valence electrons. The molecule has 0 aromatic carbocycles. The van der Waals surface area contributed by atoms with Gasteiger partial charge in [0.1, 0.15) is 12.1 Å². The second-order valence-electron chi connectivity index (χ2n) is 4.58. The molecule has 1 aliphatic rings. The summed E-state index contributed by atoms with van der Waals surface area (Å²) in [4.78, 5) is 10.7. The molecule has 1 fully saturated rings. The molecular weight excluding hydrogens is 266 g/mol. The van der Waals surface area contributed by atoms with Crippen LogP contribution in [0, 0.1) is 6.92 Å². The number of hydrogen-bond donors (Lipinski definition) is 0. The number of halogens is 1. The van der Waals surface area contributed by atoms with Crippen LogP contribution in [0.4, 0.5) is 5.82 Å². The quantitative estimate of drug-likeness (QED) is 0.775. The number of alkyl halides is 1. The first-order valence-electron chi connectivity index (χ1n) is 6.54. The lowest BCUT2D eigenvalue weighted by atomic mass is 10.1. The number of aromatic nitrogens is 2. The Bertz CT molecular complexity index is 409. The number of methoxy groups -OCH3 is 1. The van der Waals surface area contributed by atoms with Gasteiger partial charge in [0.2, 0.25) is 5.88 Å². The number of piperidine rings is 1. The van der Waals surface area contributed by atoms with Gasteiger partial charge in [-0.2, -0.15) is 0 Å². The zero-order valence-corrected chi connectivity index (χ0v) is 12.2. The molecule has 0 bridgehead atoms. The van der Waals surface area contributed by atoms with E-state index >= 15 is 0 Å². The fourth-order valence-corrected chi connectivity index (χ4v) is 2.48. The topological polar surface area (TPSA) is 47.5 Å². The van der Waals surface area contributed by atoms with E-state index in [0.717, 1.165) is 37.3 Å². The minimum absolute atomic E-state index is 0.319. The largest absolute Gasteiger partial charge is 0.481 e. The summed E-state index contributed by atoms with van der Waals surface area (Å²) >= 11 is 5.63. The molecule has 0 spiro atoms. The molecule has 1 aromatic heterocycles. The van der Waals surface area contributed by atoms with Crippen LogP contribution in [-0.4, -0.2) is 48.8 Å². The van der Waals surface area contributed by atoms with Crippen molar-refractivity contribution in [1.29, 1.82) is 0 Å². The third-order valence-electron chi connectivity index (χ3n) is 3.38. The van der Waals surface area contributed by atoms with Gasteiger partial charge < -0.3 is 14.4 Å². The normalized spacial score (nSPS) is 16.7. The molecule has 1 aromatic rings. The van der Waals surface area contributed by atoms with E-state index < -0.39 is 0 Å². The Morgan fingerprint density at radius 2 is 2.11 bits per heavy atom. The summed E-state index contributed by atoms with van der Waals surface area (Å²) in [5.74, 6) is 2.16. The van der Waals surface area contributed by atoms with Gasteiger partial charge in [-0.15, -0.1) is 11.6 Å². The Labute approximate surface area is 118 Å². The van der Waals surface area contributed by atoms with Crippen molar-refractivity contribution in [1.82, 2.24) is 9.97 Å². The molecule has 1 aliphatic heterocycles. The monoisotopic (exact) mass is 285 g/mol. The summed E-state index contributed by atoms with van der Waals surface area (Å²) in [7, 11) is 1.63. The highest BCUT2D eigenvalue weighted by Crippen LogP contribution is 2.26. The zero-order valence-electron chi connectivity index (χ0n) is 11.4. The fourth-order valence-electron chi connectivity index (χ4n) is 2.40. The first-order valence-corrected chi connectivity index (χ1v) is 7.07. The highest BCUT2D eigenvalue weighted by atomic mass is 35.5. The number of nitrogens with zero attached hydrogens (tertiary/aromatic N) is 3. The molecule has 0 N–H and O–H groups in total. The lowest BCUT2D eigenvalue weighted by Gasteiger charge is -2.33. The van der Waals surface area contributed by atoms with Crippen molar-refractivity contribution >= 4 is 17.4 Å². The van der Waals surface area contributed by atoms with Gasteiger partial charge in [-0.1, -0.05) is 0 Å². The average Bonchev–Trinajstić information content (AvgIpc) is 2.46. The number of rotatable bonds is 5. The van der Waals surface area contributed by atoms with Crippen LogP contribution in [0.5, 0.6) is 5.88 Å². The molecule has 1 saturated heterocycles. The van der Waals surface area contributed by atoms with Gasteiger partial charge in [-0.05, 0) is 19.8 Å². The minimum Gasteiger partial charge on any atom is -0.481 e. The van der Waals surface area contributed by atoms with Gasteiger partial charge in [0, 0.05) is 19.0 Å². The fraction of sp³-hybridized carbons (Fsp3) is 0.692. The van der Waals surface area contributed by atoms with Crippen LogP contribution in [0.2, 0.25) is 0 Å². The van der Waals surface area contributed by atoms with E-state index in [9.17, 15) is 0 Å². The summed E-state index contributed by atoms with van der Waals surface area (Å²) in [5.41, 5.74) is 0.991. The van der Waals surface area contributed by atoms with E-state index in [1.165, 1.54) is 0 Å². The summed E-state index contributed by atoms with van der Waals surface area (Å²) in [6.07, 6.45) is 3.88. The molecule has 2 rings (SSSR count).